The quantitative estimate of drug-likeness (QED) is 0.244. The molecular weight excluding hydrogens is 328 g/mol. The minimum Gasteiger partial charge on any atom is -0.455 e. The first-order valence-electron chi connectivity index (χ1n) is 7.28. The van der Waals surface area contributed by atoms with E-state index in [1.54, 1.807) is 0 Å². The summed E-state index contributed by atoms with van der Waals surface area (Å²) in [7, 11) is 5.88. The number of carbonyl (C=O) groups excluding carboxylic acids is 1. The second-order valence-corrected chi connectivity index (χ2v) is 4.82. The highest BCUT2D eigenvalue weighted by molar-refractivity contribution is 5.77. The van der Waals surface area contributed by atoms with Gasteiger partial charge in [-0.2, -0.15) is 0 Å². The minimum absolute atomic E-state index is 0.0210. The van der Waals surface area contributed by atoms with Gasteiger partial charge in [0.05, 0.1) is 6.61 Å². The molecule has 24 heavy (non-hydrogen) atoms. The lowest BCUT2D eigenvalue weighted by Gasteiger charge is -2.40. The third-order valence-electron chi connectivity index (χ3n) is 3.09. The van der Waals surface area contributed by atoms with E-state index in [4.69, 9.17) is 42.6 Å². The van der Waals surface area contributed by atoms with Crippen molar-refractivity contribution in [2.75, 3.05) is 62.2 Å². The zero-order chi connectivity index (χ0) is 17.8. The summed E-state index contributed by atoms with van der Waals surface area (Å²) >= 11 is 0. The van der Waals surface area contributed by atoms with Crippen LogP contribution in [-0.4, -0.2) is 92.6 Å². The maximum atomic E-state index is 12.2. The fourth-order valence-corrected chi connectivity index (χ4v) is 2.16. The van der Waals surface area contributed by atoms with Gasteiger partial charge in [-0.05, 0) is 0 Å². The first kappa shape index (κ1) is 21.2. The summed E-state index contributed by atoms with van der Waals surface area (Å²) < 4.78 is 46.7. The van der Waals surface area contributed by atoms with Crippen molar-refractivity contribution in [2.45, 2.75) is 24.4 Å². The molecule has 1 heterocycles. The summed E-state index contributed by atoms with van der Waals surface area (Å²) in [6.07, 6.45) is -3.21. The molecule has 1 aliphatic rings. The van der Waals surface area contributed by atoms with E-state index in [9.17, 15) is 4.79 Å². The van der Waals surface area contributed by atoms with E-state index in [0.717, 1.165) is 0 Å². The molecule has 1 rings (SSSR count). The molecule has 0 N–H and O–H groups in total. The Morgan fingerprint density at radius 2 is 1.33 bits per heavy atom. The molecule has 0 aromatic carbocycles. The Morgan fingerprint density at radius 1 is 0.792 bits per heavy atom. The lowest BCUT2D eigenvalue weighted by molar-refractivity contribution is -0.264. The van der Waals surface area contributed by atoms with Crippen LogP contribution in [-0.2, 0) is 47.4 Å². The van der Waals surface area contributed by atoms with Crippen molar-refractivity contribution in [3.8, 4) is 0 Å². The van der Waals surface area contributed by atoms with Crippen LogP contribution in [0, 0.1) is 0 Å². The Hall–Kier alpha value is -0.850. The predicted octanol–water partition coefficient (Wildman–Crippen LogP) is -0.500. The zero-order valence-corrected chi connectivity index (χ0v) is 14.4. The van der Waals surface area contributed by atoms with Crippen molar-refractivity contribution in [3.05, 3.63) is 0 Å². The lowest BCUT2D eigenvalue weighted by atomic mass is 9.99. The molecule has 0 aromatic heterocycles. The van der Waals surface area contributed by atoms with Crippen LogP contribution in [0.1, 0.15) is 0 Å². The topological polar surface area (TPSA) is 100 Å². The molecule has 4 atom stereocenters. The van der Waals surface area contributed by atoms with E-state index in [2.05, 4.69) is 0 Å². The van der Waals surface area contributed by atoms with E-state index in [0.29, 0.717) is 0 Å². The van der Waals surface area contributed by atoms with Crippen LogP contribution >= 0.6 is 0 Å². The summed E-state index contributed by atoms with van der Waals surface area (Å²) in [5.41, 5.74) is 0. The summed E-state index contributed by atoms with van der Waals surface area (Å²) in [6, 6.07) is 0. The van der Waals surface area contributed by atoms with Crippen molar-refractivity contribution >= 4 is 5.97 Å². The third-order valence-corrected chi connectivity index (χ3v) is 3.09. The van der Waals surface area contributed by atoms with Crippen LogP contribution in [0.25, 0.3) is 0 Å². The van der Waals surface area contributed by atoms with E-state index in [1.807, 2.05) is 0 Å². The van der Waals surface area contributed by atoms with Crippen LogP contribution in [0.3, 0.4) is 0 Å². The molecule has 1 aliphatic heterocycles. The van der Waals surface area contributed by atoms with Crippen LogP contribution in [0.4, 0.5) is 0 Å². The number of esters is 1. The molecule has 1 fully saturated rings. The number of cyclic esters (lactones) is 1. The Bertz CT molecular complexity index is 340. The number of hydrogen-bond acceptors (Lipinski definition) is 10. The smallest absolute Gasteiger partial charge is 0.338 e. The van der Waals surface area contributed by atoms with Crippen LogP contribution < -0.4 is 0 Å². The second-order valence-electron chi connectivity index (χ2n) is 4.82. The Kier molecular flexibility index (Phi) is 11.0. The molecule has 0 spiro atoms. The van der Waals surface area contributed by atoms with Gasteiger partial charge in [0.25, 0.3) is 0 Å². The van der Waals surface area contributed by atoms with Gasteiger partial charge in [-0.15, -0.1) is 0 Å². The second kappa shape index (κ2) is 12.5. The largest absolute Gasteiger partial charge is 0.455 e. The van der Waals surface area contributed by atoms with Crippen molar-refractivity contribution in [1.29, 1.82) is 0 Å². The van der Waals surface area contributed by atoms with Crippen LogP contribution in [0.5, 0.6) is 0 Å². The lowest BCUT2D eigenvalue weighted by Crippen LogP contribution is -2.60. The highest BCUT2D eigenvalue weighted by Gasteiger charge is 2.48. The van der Waals surface area contributed by atoms with Crippen molar-refractivity contribution in [3.63, 3.8) is 0 Å². The van der Waals surface area contributed by atoms with E-state index in [1.165, 1.54) is 28.4 Å². The molecule has 0 radical (unpaired) electrons. The SMILES string of the molecule is COCOCC1OC(=O)C(OCOC)[C@@H](OCOC)[C@@H]1OCOC. The number of hydrogen-bond donors (Lipinski definition) is 0. The van der Waals surface area contributed by atoms with Gasteiger partial charge in [-0.1, -0.05) is 0 Å². The number of carbonyl (C=O) groups is 1. The standard InChI is InChI=1S/C14H26O10/c1-16-6-20-5-10-11(21-7-17-2)12(22-8-18-3)13(14(15)24-10)23-9-19-4/h10-13H,5-9H2,1-4H3/t10?,11-,12+,13?/m1/s1. The number of rotatable bonds is 13. The van der Waals surface area contributed by atoms with Gasteiger partial charge in [0.2, 0.25) is 0 Å². The Balaban J connectivity index is 2.87. The minimum atomic E-state index is -1.03. The number of ether oxygens (including phenoxy) is 9. The summed E-state index contributed by atoms with van der Waals surface area (Å²) in [6.45, 7) is -0.0550. The van der Waals surface area contributed by atoms with Crippen LogP contribution in [0.2, 0.25) is 0 Å². The average Bonchev–Trinajstić information content (AvgIpc) is 2.58. The van der Waals surface area contributed by atoms with Crippen molar-refractivity contribution in [1.82, 2.24) is 0 Å². The molecular formula is C14H26O10. The molecule has 10 nitrogen and oxygen atoms in total. The van der Waals surface area contributed by atoms with Crippen molar-refractivity contribution in [2.24, 2.45) is 0 Å². The van der Waals surface area contributed by atoms with Gasteiger partial charge in [0.1, 0.15) is 39.4 Å². The van der Waals surface area contributed by atoms with E-state index in [-0.39, 0.29) is 33.8 Å². The van der Waals surface area contributed by atoms with E-state index >= 15 is 0 Å². The molecule has 0 bridgehead atoms. The monoisotopic (exact) mass is 354 g/mol. The highest BCUT2D eigenvalue weighted by Crippen LogP contribution is 2.25. The zero-order valence-electron chi connectivity index (χ0n) is 14.4. The highest BCUT2D eigenvalue weighted by atomic mass is 16.7. The predicted molar refractivity (Wildman–Crippen MR) is 78.0 cm³/mol. The summed E-state index contributed by atoms with van der Waals surface area (Å²) in [4.78, 5) is 12.2. The van der Waals surface area contributed by atoms with Crippen molar-refractivity contribution < 1.29 is 47.4 Å². The maximum Gasteiger partial charge on any atom is 0.338 e. The maximum absolute atomic E-state index is 12.2. The van der Waals surface area contributed by atoms with Gasteiger partial charge in [0, 0.05) is 28.4 Å². The summed E-state index contributed by atoms with van der Waals surface area (Å²) in [5.74, 6) is -0.601. The Morgan fingerprint density at radius 3 is 1.92 bits per heavy atom. The first-order chi connectivity index (χ1) is 11.7. The molecule has 1 saturated heterocycles. The molecule has 0 aliphatic carbocycles. The molecule has 2 unspecified atom stereocenters. The van der Waals surface area contributed by atoms with Gasteiger partial charge in [-0.3, -0.25) is 0 Å². The van der Waals surface area contributed by atoms with Crippen LogP contribution in [0.15, 0.2) is 0 Å². The van der Waals surface area contributed by atoms with Gasteiger partial charge >= 0.3 is 5.97 Å². The molecule has 142 valence electrons. The first-order valence-corrected chi connectivity index (χ1v) is 7.28. The fourth-order valence-electron chi connectivity index (χ4n) is 2.16. The number of methoxy groups -OCH3 is 4. The van der Waals surface area contributed by atoms with E-state index < -0.39 is 30.4 Å². The van der Waals surface area contributed by atoms with Gasteiger partial charge in [0.15, 0.2) is 12.2 Å². The van der Waals surface area contributed by atoms with Gasteiger partial charge < -0.3 is 42.6 Å². The fraction of sp³-hybridized carbons (Fsp3) is 0.929. The van der Waals surface area contributed by atoms with Gasteiger partial charge in [-0.25, -0.2) is 4.79 Å². The molecule has 10 heteroatoms. The average molecular weight is 354 g/mol. The molecule has 0 aromatic rings. The molecule has 0 saturated carbocycles. The normalized spacial score (nSPS) is 27.2. The third kappa shape index (κ3) is 6.57. The summed E-state index contributed by atoms with van der Waals surface area (Å²) in [5, 5.41) is 0. The Labute approximate surface area is 141 Å². The molecule has 0 amide bonds.